The van der Waals surface area contributed by atoms with Gasteiger partial charge in [-0.3, -0.25) is 4.98 Å². The summed E-state index contributed by atoms with van der Waals surface area (Å²) in [5.41, 5.74) is 0.858. The molecule has 96 valence electrons. The summed E-state index contributed by atoms with van der Waals surface area (Å²) < 4.78 is 7.36. The van der Waals surface area contributed by atoms with Gasteiger partial charge < -0.3 is 14.6 Å². The number of pyridine rings is 1. The average Bonchev–Trinajstić information content (AvgIpc) is 2.82. The van der Waals surface area contributed by atoms with Gasteiger partial charge in [0.15, 0.2) is 0 Å². The van der Waals surface area contributed by atoms with Crippen LogP contribution in [0.4, 0.5) is 0 Å². The van der Waals surface area contributed by atoms with Gasteiger partial charge in [0, 0.05) is 25.6 Å². The van der Waals surface area contributed by atoms with Crippen LogP contribution in [-0.4, -0.2) is 28.2 Å². The van der Waals surface area contributed by atoms with Gasteiger partial charge in [0.2, 0.25) is 0 Å². The molecule has 2 aromatic rings. The second kappa shape index (κ2) is 5.64. The van der Waals surface area contributed by atoms with Gasteiger partial charge in [0.05, 0.1) is 7.11 Å². The maximum atomic E-state index is 5.37. The molecule has 0 saturated heterocycles. The number of hydrogen-bond acceptors (Lipinski definition) is 4. The van der Waals surface area contributed by atoms with E-state index in [2.05, 4.69) is 22.2 Å². The first-order valence-electron chi connectivity index (χ1n) is 5.97. The lowest BCUT2D eigenvalue weighted by Gasteiger charge is -2.19. The second-order valence-corrected chi connectivity index (χ2v) is 3.98. The van der Waals surface area contributed by atoms with E-state index < -0.39 is 0 Å². The second-order valence-electron chi connectivity index (χ2n) is 3.98. The molecule has 0 aliphatic heterocycles. The topological polar surface area (TPSA) is 52.0 Å². The summed E-state index contributed by atoms with van der Waals surface area (Å²) in [6, 6.07) is 3.71. The van der Waals surface area contributed by atoms with Crippen LogP contribution in [0.5, 0.6) is 5.75 Å². The van der Waals surface area contributed by atoms with E-state index in [1.165, 1.54) is 0 Å². The van der Waals surface area contributed by atoms with Crippen LogP contribution >= 0.6 is 0 Å². The normalized spacial score (nSPS) is 12.4. The van der Waals surface area contributed by atoms with Crippen molar-refractivity contribution in [3.8, 4) is 5.75 Å². The summed E-state index contributed by atoms with van der Waals surface area (Å²) in [5, 5.41) is 3.39. The van der Waals surface area contributed by atoms with Crippen molar-refractivity contribution in [2.45, 2.75) is 13.0 Å². The molecule has 0 aromatic carbocycles. The average molecular weight is 246 g/mol. The number of nitrogens with one attached hydrogen (secondary N) is 1. The predicted octanol–water partition coefficient (Wildman–Crippen LogP) is 1.52. The monoisotopic (exact) mass is 246 g/mol. The van der Waals surface area contributed by atoms with E-state index in [1.807, 2.05) is 29.9 Å². The van der Waals surface area contributed by atoms with E-state index in [9.17, 15) is 0 Å². The van der Waals surface area contributed by atoms with Crippen LogP contribution in [0.15, 0.2) is 30.7 Å². The van der Waals surface area contributed by atoms with Gasteiger partial charge in [0.25, 0.3) is 0 Å². The van der Waals surface area contributed by atoms with Gasteiger partial charge in [-0.2, -0.15) is 0 Å². The summed E-state index contributed by atoms with van der Waals surface area (Å²) in [6.45, 7) is 2.89. The third-order valence-electron chi connectivity index (χ3n) is 2.82. The fourth-order valence-electron chi connectivity index (χ4n) is 1.96. The van der Waals surface area contributed by atoms with Gasteiger partial charge >= 0.3 is 0 Å². The molecule has 1 unspecified atom stereocenters. The first kappa shape index (κ1) is 12.6. The van der Waals surface area contributed by atoms with Crippen molar-refractivity contribution in [1.82, 2.24) is 19.9 Å². The van der Waals surface area contributed by atoms with Crippen LogP contribution in [-0.2, 0) is 7.05 Å². The van der Waals surface area contributed by atoms with Gasteiger partial charge in [-0.1, -0.05) is 6.92 Å². The minimum atomic E-state index is -0.0638. The molecule has 1 N–H and O–H groups in total. The summed E-state index contributed by atoms with van der Waals surface area (Å²) >= 11 is 0. The lowest BCUT2D eigenvalue weighted by atomic mass is 10.1. The summed E-state index contributed by atoms with van der Waals surface area (Å²) in [5.74, 6) is 1.69. The number of imidazole rings is 1. The van der Waals surface area contributed by atoms with Gasteiger partial charge in [-0.25, -0.2) is 4.98 Å². The van der Waals surface area contributed by atoms with E-state index in [0.717, 1.165) is 23.8 Å². The van der Waals surface area contributed by atoms with Crippen molar-refractivity contribution in [1.29, 1.82) is 0 Å². The molecule has 0 aliphatic rings. The molecule has 5 heteroatoms. The Hall–Kier alpha value is -1.88. The highest BCUT2D eigenvalue weighted by Crippen LogP contribution is 2.26. The fourth-order valence-corrected chi connectivity index (χ4v) is 1.96. The van der Waals surface area contributed by atoms with Crippen LogP contribution in [0.25, 0.3) is 0 Å². The van der Waals surface area contributed by atoms with Crippen LogP contribution in [0, 0.1) is 0 Å². The zero-order valence-electron chi connectivity index (χ0n) is 10.9. The Bertz CT molecular complexity index is 509. The largest absolute Gasteiger partial charge is 0.495 e. The molecule has 0 radical (unpaired) electrons. The third kappa shape index (κ3) is 2.36. The molecule has 0 aliphatic carbocycles. The molecule has 0 spiro atoms. The summed E-state index contributed by atoms with van der Waals surface area (Å²) in [4.78, 5) is 8.82. The molecule has 0 saturated carbocycles. The summed E-state index contributed by atoms with van der Waals surface area (Å²) in [6.07, 6.45) is 5.48. The maximum Gasteiger partial charge on any atom is 0.142 e. The Kier molecular flexibility index (Phi) is 3.94. The predicted molar refractivity (Wildman–Crippen MR) is 69.5 cm³/mol. The zero-order valence-corrected chi connectivity index (χ0v) is 10.9. The van der Waals surface area contributed by atoms with Crippen molar-refractivity contribution in [3.05, 3.63) is 42.2 Å². The van der Waals surface area contributed by atoms with Crippen molar-refractivity contribution < 1.29 is 4.74 Å². The minimum absolute atomic E-state index is 0.0638. The van der Waals surface area contributed by atoms with Crippen LogP contribution in [0.3, 0.4) is 0 Å². The molecule has 0 bridgehead atoms. The van der Waals surface area contributed by atoms with Crippen LogP contribution in [0.1, 0.15) is 24.5 Å². The van der Waals surface area contributed by atoms with Crippen LogP contribution in [0.2, 0.25) is 0 Å². The molecule has 1 atom stereocenters. The number of aromatic nitrogens is 3. The number of nitrogens with zero attached hydrogens (tertiary/aromatic N) is 3. The Morgan fingerprint density at radius 1 is 1.39 bits per heavy atom. The first-order chi connectivity index (χ1) is 8.77. The molecule has 2 heterocycles. The van der Waals surface area contributed by atoms with Crippen molar-refractivity contribution >= 4 is 0 Å². The number of aryl methyl sites for hydroxylation is 1. The first-order valence-corrected chi connectivity index (χ1v) is 5.97. The number of ether oxygens (including phenoxy) is 1. The Balaban J connectivity index is 2.45. The maximum absolute atomic E-state index is 5.37. The quantitative estimate of drug-likeness (QED) is 0.869. The van der Waals surface area contributed by atoms with E-state index in [0.29, 0.717) is 0 Å². The lowest BCUT2D eigenvalue weighted by molar-refractivity contribution is 0.398. The highest BCUT2D eigenvalue weighted by Gasteiger charge is 2.21. The molecular formula is C13H18N4O. The van der Waals surface area contributed by atoms with E-state index in [-0.39, 0.29) is 6.04 Å². The summed E-state index contributed by atoms with van der Waals surface area (Å²) in [7, 11) is 3.63. The van der Waals surface area contributed by atoms with Crippen LogP contribution < -0.4 is 10.1 Å². The Labute approximate surface area is 107 Å². The molecule has 0 fully saturated rings. The number of hydrogen-bond donors (Lipinski definition) is 1. The molecule has 5 nitrogen and oxygen atoms in total. The van der Waals surface area contributed by atoms with Gasteiger partial charge in [-0.05, 0) is 18.7 Å². The minimum Gasteiger partial charge on any atom is -0.495 e. The fraction of sp³-hybridized carbons (Fsp3) is 0.385. The Morgan fingerprint density at radius 2 is 2.22 bits per heavy atom. The third-order valence-corrected chi connectivity index (χ3v) is 2.82. The molecule has 0 amide bonds. The SMILES string of the molecule is CCNC(c1ncccc1OC)c1nccn1C. The standard InChI is InChI=1S/C13H18N4O/c1-4-14-12(13-16-8-9-17(13)2)11-10(18-3)6-5-7-15-11/h5-9,12,14H,4H2,1-3H3. The van der Waals surface area contributed by atoms with Crippen molar-refractivity contribution in [2.75, 3.05) is 13.7 Å². The highest BCUT2D eigenvalue weighted by atomic mass is 16.5. The van der Waals surface area contributed by atoms with Gasteiger partial charge in [0.1, 0.15) is 23.3 Å². The highest BCUT2D eigenvalue weighted by molar-refractivity contribution is 5.33. The van der Waals surface area contributed by atoms with E-state index in [1.54, 1.807) is 19.5 Å². The number of methoxy groups -OCH3 is 1. The Morgan fingerprint density at radius 3 is 2.83 bits per heavy atom. The number of rotatable bonds is 5. The molecule has 2 aromatic heterocycles. The molecule has 2 rings (SSSR count). The van der Waals surface area contributed by atoms with E-state index >= 15 is 0 Å². The van der Waals surface area contributed by atoms with Crippen molar-refractivity contribution in [3.63, 3.8) is 0 Å². The smallest absolute Gasteiger partial charge is 0.142 e. The lowest BCUT2D eigenvalue weighted by Crippen LogP contribution is -2.26. The molecule has 18 heavy (non-hydrogen) atoms. The van der Waals surface area contributed by atoms with E-state index in [4.69, 9.17) is 4.74 Å². The molecular weight excluding hydrogens is 228 g/mol. The van der Waals surface area contributed by atoms with Crippen molar-refractivity contribution in [2.24, 2.45) is 7.05 Å². The zero-order chi connectivity index (χ0) is 13.0. The van der Waals surface area contributed by atoms with Gasteiger partial charge in [-0.15, -0.1) is 0 Å².